The number of rotatable bonds is 4. The van der Waals surface area contributed by atoms with Crippen LogP contribution >= 0.6 is 11.6 Å². The largest absolute Gasteiger partial charge is 0.372 e. The molecule has 2 aliphatic rings. The molecule has 2 heterocycles. The first-order valence-corrected chi connectivity index (χ1v) is 10.8. The van der Waals surface area contributed by atoms with Crippen molar-refractivity contribution < 1.29 is 19.1 Å². The Bertz CT molecular complexity index is 1100. The number of halogens is 1. The molecular weight excluding hydrogens is 430 g/mol. The molecule has 0 aromatic heterocycles. The van der Waals surface area contributed by atoms with Gasteiger partial charge in [-0.25, -0.2) is 4.90 Å². The van der Waals surface area contributed by atoms with Crippen LogP contribution in [0.15, 0.2) is 54.2 Å². The highest BCUT2D eigenvalue weighted by Gasteiger charge is 2.43. The third kappa shape index (κ3) is 4.26. The summed E-state index contributed by atoms with van der Waals surface area (Å²) in [5, 5.41) is 3.15. The summed E-state index contributed by atoms with van der Waals surface area (Å²) in [6.07, 6.45) is -0.171. The predicted octanol–water partition coefficient (Wildman–Crippen LogP) is 3.69. The van der Waals surface area contributed by atoms with Crippen molar-refractivity contribution in [3.05, 3.63) is 64.8 Å². The molecule has 0 spiro atoms. The molecule has 0 radical (unpaired) electrons. The van der Waals surface area contributed by atoms with E-state index in [9.17, 15) is 14.4 Å². The summed E-state index contributed by atoms with van der Waals surface area (Å²) in [5.41, 5.74) is 2.31. The molecular formula is C24H24ClN3O4. The van der Waals surface area contributed by atoms with Crippen molar-refractivity contribution in [2.75, 3.05) is 23.3 Å². The summed E-state index contributed by atoms with van der Waals surface area (Å²) in [5.74, 6) is -0.987. The van der Waals surface area contributed by atoms with E-state index in [1.54, 1.807) is 48.5 Å². The number of hydrogen-bond acceptors (Lipinski definition) is 5. The van der Waals surface area contributed by atoms with E-state index in [2.05, 4.69) is 5.32 Å². The molecule has 7 nitrogen and oxygen atoms in total. The van der Waals surface area contributed by atoms with Crippen LogP contribution in [0, 0.1) is 0 Å². The topological polar surface area (TPSA) is 79.0 Å². The summed E-state index contributed by atoms with van der Waals surface area (Å²) in [6.45, 7) is 6.31. The minimum atomic E-state index is -0.411. The quantitative estimate of drug-likeness (QED) is 0.714. The van der Waals surface area contributed by atoms with Gasteiger partial charge in [0.05, 0.1) is 23.5 Å². The lowest BCUT2D eigenvalue weighted by Crippen LogP contribution is -2.47. The molecule has 2 aliphatic heterocycles. The van der Waals surface area contributed by atoms with Crippen molar-refractivity contribution in [1.29, 1.82) is 0 Å². The van der Waals surface area contributed by atoms with E-state index in [0.717, 1.165) is 0 Å². The van der Waals surface area contributed by atoms with Gasteiger partial charge in [0, 0.05) is 30.7 Å². The Morgan fingerprint density at radius 3 is 2.28 bits per heavy atom. The van der Waals surface area contributed by atoms with Gasteiger partial charge in [-0.1, -0.05) is 29.8 Å². The number of morpholine rings is 1. The fraction of sp³-hybridized carbons (Fsp3) is 0.292. The van der Waals surface area contributed by atoms with Crippen LogP contribution in [-0.4, -0.2) is 47.9 Å². The van der Waals surface area contributed by atoms with E-state index in [-0.39, 0.29) is 24.0 Å². The van der Waals surface area contributed by atoms with Gasteiger partial charge in [0.25, 0.3) is 11.8 Å². The van der Waals surface area contributed by atoms with Gasteiger partial charge in [-0.05, 0) is 49.7 Å². The van der Waals surface area contributed by atoms with Crippen LogP contribution in [0.4, 0.5) is 11.4 Å². The summed E-state index contributed by atoms with van der Waals surface area (Å²) in [6, 6.07) is 13.6. The van der Waals surface area contributed by atoms with Crippen LogP contribution in [0.25, 0.3) is 5.57 Å². The van der Waals surface area contributed by atoms with Gasteiger partial charge < -0.3 is 15.0 Å². The Balaban J connectivity index is 1.80. The van der Waals surface area contributed by atoms with Crippen LogP contribution < -0.4 is 10.2 Å². The number of carbonyl (C=O) groups excluding carboxylic acids is 3. The third-order valence-corrected chi connectivity index (χ3v) is 5.59. The molecule has 2 atom stereocenters. The maximum Gasteiger partial charge on any atom is 0.282 e. The average Bonchev–Trinajstić information content (AvgIpc) is 2.97. The van der Waals surface area contributed by atoms with Gasteiger partial charge in [-0.3, -0.25) is 14.4 Å². The van der Waals surface area contributed by atoms with Crippen molar-refractivity contribution in [3.8, 4) is 0 Å². The van der Waals surface area contributed by atoms with E-state index in [1.807, 2.05) is 18.7 Å². The highest BCUT2D eigenvalue weighted by molar-refractivity contribution is 6.45. The van der Waals surface area contributed by atoms with E-state index in [0.29, 0.717) is 46.3 Å². The fourth-order valence-electron chi connectivity index (χ4n) is 4.21. The zero-order valence-electron chi connectivity index (χ0n) is 18.1. The summed E-state index contributed by atoms with van der Waals surface area (Å²) >= 11 is 6.13. The normalized spacial score (nSPS) is 21.4. The molecule has 0 aliphatic carbocycles. The van der Waals surface area contributed by atoms with Gasteiger partial charge in [0.1, 0.15) is 5.70 Å². The molecule has 1 N–H and O–H groups in total. The summed E-state index contributed by atoms with van der Waals surface area (Å²) in [7, 11) is 0. The molecule has 32 heavy (non-hydrogen) atoms. The van der Waals surface area contributed by atoms with Crippen molar-refractivity contribution in [1.82, 2.24) is 4.90 Å². The predicted molar refractivity (Wildman–Crippen MR) is 123 cm³/mol. The highest BCUT2D eigenvalue weighted by Crippen LogP contribution is 2.36. The molecule has 4 rings (SSSR count). The second-order valence-corrected chi connectivity index (χ2v) is 8.51. The van der Waals surface area contributed by atoms with E-state index in [1.165, 1.54) is 11.8 Å². The lowest BCUT2D eigenvalue weighted by molar-refractivity contribution is -0.121. The molecule has 8 heteroatoms. The number of hydrogen-bond donors (Lipinski definition) is 1. The molecule has 2 unspecified atom stereocenters. The maximum absolute atomic E-state index is 13.6. The first kappa shape index (κ1) is 22.0. The Morgan fingerprint density at radius 1 is 1.03 bits per heavy atom. The van der Waals surface area contributed by atoms with Crippen LogP contribution in [0.2, 0.25) is 5.02 Å². The average molecular weight is 454 g/mol. The van der Waals surface area contributed by atoms with Gasteiger partial charge >= 0.3 is 0 Å². The van der Waals surface area contributed by atoms with Crippen LogP contribution in [0.5, 0.6) is 0 Å². The number of benzene rings is 2. The van der Waals surface area contributed by atoms with Gasteiger partial charge in [-0.2, -0.15) is 0 Å². The number of anilines is 2. The maximum atomic E-state index is 13.6. The minimum Gasteiger partial charge on any atom is -0.372 e. The number of nitrogens with one attached hydrogen (secondary N) is 1. The fourth-order valence-corrected chi connectivity index (χ4v) is 4.39. The van der Waals surface area contributed by atoms with E-state index in [4.69, 9.17) is 16.3 Å². The smallest absolute Gasteiger partial charge is 0.282 e. The van der Waals surface area contributed by atoms with E-state index >= 15 is 0 Å². The number of carbonyl (C=O) groups is 3. The monoisotopic (exact) mass is 453 g/mol. The standard InChI is InChI=1S/C24H24ClN3O4/c1-14-12-27(13-15(2)32-14)22-21(17-7-9-19(10-8-17)26-16(3)29)23(30)28(24(22)31)20-6-4-5-18(25)11-20/h4-11,14-15H,12-13H2,1-3H3,(H,26,29). The number of imide groups is 1. The van der Waals surface area contributed by atoms with Crippen LogP contribution in [0.1, 0.15) is 26.3 Å². The van der Waals surface area contributed by atoms with Crippen molar-refractivity contribution >= 4 is 46.3 Å². The molecule has 1 fully saturated rings. The summed E-state index contributed by atoms with van der Waals surface area (Å²) < 4.78 is 5.83. The molecule has 0 saturated carbocycles. The van der Waals surface area contributed by atoms with Crippen LogP contribution in [-0.2, 0) is 19.1 Å². The SMILES string of the molecule is CC(=O)Nc1ccc(C2=C(N3CC(C)OC(C)C3)C(=O)N(c3cccc(Cl)c3)C2=O)cc1. The highest BCUT2D eigenvalue weighted by atomic mass is 35.5. The lowest BCUT2D eigenvalue weighted by Gasteiger charge is -2.37. The second-order valence-electron chi connectivity index (χ2n) is 8.07. The molecule has 0 bridgehead atoms. The number of nitrogens with zero attached hydrogens (tertiary/aromatic N) is 2. The van der Waals surface area contributed by atoms with Crippen molar-refractivity contribution in [3.63, 3.8) is 0 Å². The summed E-state index contributed by atoms with van der Waals surface area (Å²) in [4.78, 5) is 41.6. The second kappa shape index (κ2) is 8.76. The number of amides is 3. The lowest BCUT2D eigenvalue weighted by atomic mass is 10.0. The molecule has 1 saturated heterocycles. The van der Waals surface area contributed by atoms with E-state index < -0.39 is 5.91 Å². The molecule has 2 aromatic rings. The molecule has 2 aromatic carbocycles. The van der Waals surface area contributed by atoms with Crippen LogP contribution in [0.3, 0.4) is 0 Å². The van der Waals surface area contributed by atoms with Gasteiger partial charge in [-0.15, -0.1) is 0 Å². The Labute approximate surface area is 191 Å². The first-order valence-electron chi connectivity index (χ1n) is 10.4. The third-order valence-electron chi connectivity index (χ3n) is 5.36. The molecule has 166 valence electrons. The van der Waals surface area contributed by atoms with Crippen molar-refractivity contribution in [2.45, 2.75) is 33.0 Å². The number of ether oxygens (including phenoxy) is 1. The zero-order valence-corrected chi connectivity index (χ0v) is 18.8. The minimum absolute atomic E-state index is 0.0854. The Morgan fingerprint density at radius 2 is 1.69 bits per heavy atom. The van der Waals surface area contributed by atoms with Gasteiger partial charge in [0.2, 0.25) is 5.91 Å². The zero-order chi connectivity index (χ0) is 23.0. The van der Waals surface area contributed by atoms with Crippen molar-refractivity contribution in [2.24, 2.45) is 0 Å². The first-order chi connectivity index (χ1) is 15.2. The Hall–Kier alpha value is -3.16. The van der Waals surface area contributed by atoms with Gasteiger partial charge in [0.15, 0.2) is 0 Å². The Kier molecular flexibility index (Phi) is 6.04. The molecule has 3 amide bonds.